The van der Waals surface area contributed by atoms with Crippen LogP contribution in [0.25, 0.3) is 10.9 Å². The number of para-hydroxylation sites is 1. The first-order valence-corrected chi connectivity index (χ1v) is 11.2. The summed E-state index contributed by atoms with van der Waals surface area (Å²) in [6.07, 6.45) is 6.25. The van der Waals surface area contributed by atoms with Crippen molar-refractivity contribution in [2.75, 3.05) is 25.1 Å². The minimum absolute atomic E-state index is 0.0659. The zero-order chi connectivity index (χ0) is 22.6. The summed E-state index contributed by atoms with van der Waals surface area (Å²) in [5, 5.41) is 4.22. The van der Waals surface area contributed by atoms with Gasteiger partial charge in [-0.1, -0.05) is 30.4 Å². The Hall–Kier alpha value is -3.58. The Bertz CT molecular complexity index is 1260. The quantitative estimate of drug-likeness (QED) is 0.574. The Balaban J connectivity index is 1.17. The Kier molecular flexibility index (Phi) is 4.55. The number of carbonyl (C=O) groups excluding carboxylic acids is 2. The summed E-state index contributed by atoms with van der Waals surface area (Å²) in [6.45, 7) is 0.915. The second-order valence-corrected chi connectivity index (χ2v) is 8.92. The molecule has 33 heavy (non-hydrogen) atoms. The molecular weight excluding hydrogens is 418 g/mol. The Labute approximate surface area is 191 Å². The number of benzene rings is 2. The number of amides is 2. The Morgan fingerprint density at radius 1 is 1.24 bits per heavy atom. The average molecular weight is 444 g/mol. The topological polar surface area (TPSA) is 83.7 Å². The van der Waals surface area contributed by atoms with E-state index in [1.165, 1.54) is 0 Å². The molecule has 2 N–H and O–H groups in total. The molecule has 7 heteroatoms. The highest BCUT2D eigenvalue weighted by molar-refractivity contribution is 6.03. The van der Waals surface area contributed by atoms with Crippen molar-refractivity contribution < 1.29 is 19.1 Å². The van der Waals surface area contributed by atoms with Crippen LogP contribution in [0.5, 0.6) is 5.75 Å². The van der Waals surface area contributed by atoms with Crippen molar-refractivity contribution in [3.05, 3.63) is 72.4 Å². The number of fused-ring (bicyclic) bond motifs is 2. The molecule has 4 heterocycles. The van der Waals surface area contributed by atoms with E-state index in [1.807, 2.05) is 60.8 Å². The van der Waals surface area contributed by atoms with Gasteiger partial charge < -0.3 is 24.7 Å². The van der Waals surface area contributed by atoms with Gasteiger partial charge in [-0.15, -0.1) is 0 Å². The Morgan fingerprint density at radius 3 is 2.88 bits per heavy atom. The third-order valence-electron chi connectivity index (χ3n) is 7.16. The molecule has 4 atom stereocenters. The fraction of sp³-hybridized carbons (Fsp3) is 0.308. The van der Waals surface area contributed by atoms with E-state index in [4.69, 9.17) is 9.47 Å². The smallest absolute Gasteiger partial charge is 0.234 e. The SMILES string of the molecule is COc1ccc(N2C[C@@]34C=C[C@@H](O3)[C@H](C(=O)NCCc3c[nH]c5ccccc35)[C@H]4C2=O)cc1. The fourth-order valence-corrected chi connectivity index (χ4v) is 5.56. The predicted molar refractivity (Wildman–Crippen MR) is 124 cm³/mol. The maximum atomic E-state index is 13.4. The maximum absolute atomic E-state index is 13.4. The molecule has 2 amide bonds. The first-order chi connectivity index (χ1) is 16.1. The Morgan fingerprint density at radius 2 is 2.06 bits per heavy atom. The first kappa shape index (κ1) is 20.1. The number of H-pyrrole nitrogens is 1. The number of aromatic amines is 1. The highest BCUT2D eigenvalue weighted by atomic mass is 16.5. The molecule has 0 aliphatic carbocycles. The van der Waals surface area contributed by atoms with Crippen LogP contribution in [0.15, 0.2) is 66.9 Å². The molecule has 0 radical (unpaired) electrons. The molecule has 3 aliphatic rings. The minimum Gasteiger partial charge on any atom is -0.497 e. The molecule has 2 fully saturated rings. The molecule has 168 valence electrons. The van der Waals surface area contributed by atoms with Crippen molar-refractivity contribution in [3.63, 3.8) is 0 Å². The lowest BCUT2D eigenvalue weighted by molar-refractivity contribution is -0.131. The molecule has 1 spiro atoms. The highest BCUT2D eigenvalue weighted by Gasteiger charge is 2.67. The van der Waals surface area contributed by atoms with E-state index in [9.17, 15) is 9.59 Å². The van der Waals surface area contributed by atoms with Gasteiger partial charge in [0.2, 0.25) is 11.8 Å². The van der Waals surface area contributed by atoms with Crippen LogP contribution in [0.2, 0.25) is 0 Å². The van der Waals surface area contributed by atoms with Crippen LogP contribution in [0.4, 0.5) is 5.69 Å². The molecule has 6 rings (SSSR count). The number of rotatable bonds is 6. The average Bonchev–Trinajstić information content (AvgIpc) is 3.59. The summed E-state index contributed by atoms with van der Waals surface area (Å²) in [7, 11) is 1.61. The van der Waals surface area contributed by atoms with Crippen molar-refractivity contribution in [1.82, 2.24) is 10.3 Å². The van der Waals surface area contributed by atoms with Gasteiger partial charge in [-0.3, -0.25) is 9.59 Å². The monoisotopic (exact) mass is 443 g/mol. The summed E-state index contributed by atoms with van der Waals surface area (Å²) in [6, 6.07) is 15.5. The molecule has 2 aromatic carbocycles. The molecule has 0 saturated carbocycles. The first-order valence-electron chi connectivity index (χ1n) is 11.2. The molecule has 7 nitrogen and oxygen atoms in total. The van der Waals surface area contributed by atoms with Crippen molar-refractivity contribution in [2.45, 2.75) is 18.1 Å². The van der Waals surface area contributed by atoms with Gasteiger partial charge in [0.15, 0.2) is 0 Å². The second kappa shape index (κ2) is 7.49. The van der Waals surface area contributed by atoms with Gasteiger partial charge in [0.05, 0.1) is 31.6 Å². The van der Waals surface area contributed by atoms with Gasteiger partial charge in [0.1, 0.15) is 11.4 Å². The van der Waals surface area contributed by atoms with Crippen LogP contribution in [-0.4, -0.2) is 48.7 Å². The number of hydrogen-bond donors (Lipinski definition) is 2. The normalized spacial score (nSPS) is 27.4. The zero-order valence-corrected chi connectivity index (χ0v) is 18.3. The minimum atomic E-state index is -0.736. The largest absolute Gasteiger partial charge is 0.497 e. The van der Waals surface area contributed by atoms with E-state index in [0.29, 0.717) is 19.5 Å². The number of anilines is 1. The van der Waals surface area contributed by atoms with Crippen LogP contribution in [0, 0.1) is 11.8 Å². The summed E-state index contributed by atoms with van der Waals surface area (Å²) in [5.41, 5.74) is 2.29. The van der Waals surface area contributed by atoms with Crippen molar-refractivity contribution in [1.29, 1.82) is 0 Å². The summed E-state index contributed by atoms with van der Waals surface area (Å²) >= 11 is 0. The van der Waals surface area contributed by atoms with Gasteiger partial charge in [-0.25, -0.2) is 0 Å². The van der Waals surface area contributed by atoms with Crippen LogP contribution in [0.3, 0.4) is 0 Å². The van der Waals surface area contributed by atoms with E-state index < -0.39 is 17.4 Å². The third kappa shape index (κ3) is 3.07. The number of ether oxygens (including phenoxy) is 2. The molecule has 2 bridgehead atoms. The lowest BCUT2D eigenvalue weighted by atomic mass is 9.77. The maximum Gasteiger partial charge on any atom is 0.234 e. The molecule has 1 aromatic heterocycles. The van der Waals surface area contributed by atoms with E-state index in [1.54, 1.807) is 12.0 Å². The van der Waals surface area contributed by atoms with Crippen LogP contribution < -0.4 is 15.0 Å². The number of nitrogens with zero attached hydrogens (tertiary/aromatic N) is 1. The molecule has 2 saturated heterocycles. The summed E-state index contributed by atoms with van der Waals surface area (Å²) < 4.78 is 11.5. The van der Waals surface area contributed by atoms with E-state index in [-0.39, 0.29) is 17.9 Å². The third-order valence-corrected chi connectivity index (χ3v) is 7.16. The van der Waals surface area contributed by atoms with Gasteiger partial charge in [-0.05, 0) is 42.3 Å². The van der Waals surface area contributed by atoms with Crippen LogP contribution in [0.1, 0.15) is 5.56 Å². The van der Waals surface area contributed by atoms with Crippen LogP contribution >= 0.6 is 0 Å². The standard InChI is InChI=1S/C26H25N3O4/c1-32-18-8-6-17(7-9-18)29-15-26-12-10-21(33-26)22(23(26)25(29)31)24(30)27-13-11-16-14-28-20-5-3-2-4-19(16)20/h2-10,12,14,21-23,28H,11,13,15H2,1H3,(H,27,30)/t21-,22+,23+,26-/m1/s1. The van der Waals surface area contributed by atoms with Gasteiger partial charge in [0, 0.05) is 29.3 Å². The lowest BCUT2D eigenvalue weighted by Gasteiger charge is -2.23. The van der Waals surface area contributed by atoms with Gasteiger partial charge in [-0.2, -0.15) is 0 Å². The van der Waals surface area contributed by atoms with Crippen molar-refractivity contribution >= 4 is 28.4 Å². The second-order valence-electron chi connectivity index (χ2n) is 8.92. The summed E-state index contributed by atoms with van der Waals surface area (Å²) in [4.78, 5) is 31.7. The number of aromatic nitrogens is 1. The van der Waals surface area contributed by atoms with E-state index in [0.717, 1.165) is 27.9 Å². The van der Waals surface area contributed by atoms with E-state index in [2.05, 4.69) is 16.4 Å². The number of nitrogens with one attached hydrogen (secondary N) is 2. The number of carbonyl (C=O) groups is 2. The van der Waals surface area contributed by atoms with Gasteiger partial charge in [0.25, 0.3) is 0 Å². The number of hydrogen-bond acceptors (Lipinski definition) is 4. The number of methoxy groups -OCH3 is 1. The molecule has 3 aromatic rings. The van der Waals surface area contributed by atoms with E-state index >= 15 is 0 Å². The molecule has 3 aliphatic heterocycles. The molecule has 0 unspecified atom stereocenters. The predicted octanol–water partition coefficient (Wildman–Crippen LogP) is 2.82. The highest BCUT2D eigenvalue weighted by Crippen LogP contribution is 2.52. The van der Waals surface area contributed by atoms with Gasteiger partial charge >= 0.3 is 0 Å². The van der Waals surface area contributed by atoms with Crippen molar-refractivity contribution in [3.8, 4) is 5.75 Å². The lowest BCUT2D eigenvalue weighted by Crippen LogP contribution is -2.44. The van der Waals surface area contributed by atoms with Crippen molar-refractivity contribution in [2.24, 2.45) is 11.8 Å². The molecular formula is C26H25N3O4. The summed E-state index contributed by atoms with van der Waals surface area (Å²) in [5.74, 6) is -0.491. The fourth-order valence-electron chi connectivity index (χ4n) is 5.56. The zero-order valence-electron chi connectivity index (χ0n) is 18.3. The van der Waals surface area contributed by atoms with Crippen LogP contribution in [-0.2, 0) is 20.7 Å².